The molecule has 7 heteroatoms. The summed E-state index contributed by atoms with van der Waals surface area (Å²) in [7, 11) is 0. The summed E-state index contributed by atoms with van der Waals surface area (Å²) in [5.74, 6) is 0.0905. The van der Waals surface area contributed by atoms with Crippen LogP contribution >= 0.6 is 35.4 Å². The molecule has 0 radical (unpaired) electrons. The Hall–Kier alpha value is -1.82. The average molecular weight is 408 g/mol. The third kappa shape index (κ3) is 4.87. The highest BCUT2D eigenvalue weighted by atomic mass is 35.5. The number of halogens is 2. The molecule has 1 aliphatic rings. The largest absolute Gasteiger partial charge is 0.339 e. The average Bonchev–Trinajstić information content (AvgIpc) is 2.65. The first-order chi connectivity index (χ1) is 12.5. The Morgan fingerprint density at radius 2 is 1.50 bits per heavy atom. The molecule has 2 aromatic carbocycles. The SMILES string of the molecule is O=C(c1ccc(NC(=S)Nc2ccc(Cl)c(Cl)c2)cc1)N1CCCCC1. The molecule has 26 heavy (non-hydrogen) atoms. The summed E-state index contributed by atoms with van der Waals surface area (Å²) in [6, 6.07) is 12.5. The third-order valence-corrected chi connectivity index (χ3v) is 5.15. The van der Waals surface area contributed by atoms with Crippen molar-refractivity contribution < 1.29 is 4.79 Å². The predicted octanol–water partition coefficient (Wildman–Crippen LogP) is 5.43. The molecule has 1 fully saturated rings. The Morgan fingerprint density at radius 3 is 2.15 bits per heavy atom. The second-order valence-electron chi connectivity index (χ2n) is 6.14. The van der Waals surface area contributed by atoms with Gasteiger partial charge in [-0.05, 0) is 73.9 Å². The lowest BCUT2D eigenvalue weighted by atomic mass is 10.1. The fourth-order valence-electron chi connectivity index (χ4n) is 2.84. The number of nitrogens with zero attached hydrogens (tertiary/aromatic N) is 1. The maximum atomic E-state index is 12.5. The van der Waals surface area contributed by atoms with Crippen molar-refractivity contribution >= 4 is 57.8 Å². The molecule has 0 aliphatic carbocycles. The van der Waals surface area contributed by atoms with Crippen LogP contribution in [0.2, 0.25) is 10.0 Å². The zero-order chi connectivity index (χ0) is 18.5. The van der Waals surface area contributed by atoms with Gasteiger partial charge in [-0.2, -0.15) is 0 Å². The van der Waals surface area contributed by atoms with Gasteiger partial charge in [0.1, 0.15) is 0 Å². The molecule has 4 nitrogen and oxygen atoms in total. The van der Waals surface area contributed by atoms with Gasteiger partial charge in [-0.3, -0.25) is 4.79 Å². The van der Waals surface area contributed by atoms with Crippen LogP contribution in [-0.4, -0.2) is 29.0 Å². The van der Waals surface area contributed by atoms with Gasteiger partial charge >= 0.3 is 0 Å². The minimum absolute atomic E-state index is 0.0905. The number of nitrogens with one attached hydrogen (secondary N) is 2. The van der Waals surface area contributed by atoms with Crippen LogP contribution in [0.3, 0.4) is 0 Å². The lowest BCUT2D eigenvalue weighted by Crippen LogP contribution is -2.35. The molecule has 0 saturated carbocycles. The molecular weight excluding hydrogens is 389 g/mol. The second kappa shape index (κ2) is 8.71. The fourth-order valence-corrected chi connectivity index (χ4v) is 3.38. The first-order valence-corrected chi connectivity index (χ1v) is 9.62. The van der Waals surface area contributed by atoms with Gasteiger partial charge in [0.2, 0.25) is 0 Å². The van der Waals surface area contributed by atoms with Crippen LogP contribution < -0.4 is 10.6 Å². The van der Waals surface area contributed by atoms with Crippen molar-refractivity contribution in [1.29, 1.82) is 0 Å². The van der Waals surface area contributed by atoms with Crippen molar-refractivity contribution in [2.75, 3.05) is 23.7 Å². The normalized spacial score (nSPS) is 14.0. The highest BCUT2D eigenvalue weighted by Crippen LogP contribution is 2.25. The van der Waals surface area contributed by atoms with E-state index in [-0.39, 0.29) is 5.91 Å². The number of thiocarbonyl (C=S) groups is 1. The summed E-state index contributed by atoms with van der Waals surface area (Å²) in [6.45, 7) is 1.69. The number of benzene rings is 2. The van der Waals surface area contributed by atoms with E-state index in [0.717, 1.165) is 37.3 Å². The number of anilines is 2. The van der Waals surface area contributed by atoms with Crippen LogP contribution in [0.4, 0.5) is 11.4 Å². The molecule has 1 saturated heterocycles. The molecule has 0 unspecified atom stereocenters. The first-order valence-electron chi connectivity index (χ1n) is 8.45. The van der Waals surface area contributed by atoms with Crippen LogP contribution in [0.15, 0.2) is 42.5 Å². The molecule has 0 bridgehead atoms. The molecule has 1 amide bonds. The zero-order valence-corrected chi connectivity index (χ0v) is 16.4. The van der Waals surface area contributed by atoms with E-state index in [0.29, 0.717) is 20.7 Å². The molecule has 0 spiro atoms. The number of carbonyl (C=O) groups excluding carboxylic acids is 1. The van der Waals surface area contributed by atoms with Crippen molar-refractivity contribution in [3.63, 3.8) is 0 Å². The van der Waals surface area contributed by atoms with Crippen molar-refractivity contribution in [3.05, 3.63) is 58.1 Å². The van der Waals surface area contributed by atoms with Gasteiger partial charge in [0.25, 0.3) is 5.91 Å². The summed E-state index contributed by atoms with van der Waals surface area (Å²) >= 11 is 17.2. The standard InChI is InChI=1S/C19H19Cl2N3OS/c20-16-9-8-15(12-17(16)21)23-19(26)22-14-6-4-13(5-7-14)18(25)24-10-2-1-3-11-24/h4-9,12H,1-3,10-11H2,(H2,22,23,26). The Bertz CT molecular complexity index is 805. The predicted molar refractivity (Wildman–Crippen MR) is 113 cm³/mol. The summed E-state index contributed by atoms with van der Waals surface area (Å²) in [4.78, 5) is 14.4. The van der Waals surface area contributed by atoms with Gasteiger partial charge in [-0.15, -0.1) is 0 Å². The maximum absolute atomic E-state index is 12.5. The van der Waals surface area contributed by atoms with E-state index < -0.39 is 0 Å². The number of rotatable bonds is 3. The van der Waals surface area contributed by atoms with Gasteiger partial charge in [-0.25, -0.2) is 0 Å². The van der Waals surface area contributed by atoms with Gasteiger partial charge in [0, 0.05) is 30.0 Å². The molecule has 1 heterocycles. The van der Waals surface area contributed by atoms with E-state index in [2.05, 4.69) is 10.6 Å². The Morgan fingerprint density at radius 1 is 0.885 bits per heavy atom. The molecule has 2 aromatic rings. The topological polar surface area (TPSA) is 44.4 Å². The lowest BCUT2D eigenvalue weighted by molar-refractivity contribution is 0.0724. The van der Waals surface area contributed by atoms with E-state index in [1.807, 2.05) is 29.2 Å². The smallest absolute Gasteiger partial charge is 0.253 e. The molecule has 0 atom stereocenters. The van der Waals surface area contributed by atoms with Gasteiger partial charge in [0.15, 0.2) is 5.11 Å². The van der Waals surface area contributed by atoms with Crippen LogP contribution in [0.5, 0.6) is 0 Å². The molecule has 3 rings (SSSR count). The summed E-state index contributed by atoms with van der Waals surface area (Å²) in [5, 5.41) is 7.52. The van der Waals surface area contributed by atoms with Crippen molar-refractivity contribution in [2.45, 2.75) is 19.3 Å². The second-order valence-corrected chi connectivity index (χ2v) is 7.36. The maximum Gasteiger partial charge on any atom is 0.253 e. The van der Waals surface area contributed by atoms with Crippen LogP contribution in [0.25, 0.3) is 0 Å². The number of carbonyl (C=O) groups is 1. The number of hydrogen-bond acceptors (Lipinski definition) is 2. The van der Waals surface area contributed by atoms with Crippen molar-refractivity contribution in [2.24, 2.45) is 0 Å². The number of hydrogen-bond donors (Lipinski definition) is 2. The first kappa shape index (κ1) is 19.0. The van der Waals surface area contributed by atoms with Crippen molar-refractivity contribution in [3.8, 4) is 0 Å². The van der Waals surface area contributed by atoms with E-state index in [1.165, 1.54) is 6.42 Å². The Balaban J connectivity index is 1.58. The van der Waals surface area contributed by atoms with Crippen LogP contribution in [0.1, 0.15) is 29.6 Å². The minimum Gasteiger partial charge on any atom is -0.339 e. The van der Waals surface area contributed by atoms with Crippen molar-refractivity contribution in [1.82, 2.24) is 4.90 Å². The third-order valence-electron chi connectivity index (χ3n) is 4.21. The van der Waals surface area contributed by atoms with Crippen LogP contribution in [0, 0.1) is 0 Å². The van der Waals surface area contributed by atoms with Gasteiger partial charge in [-0.1, -0.05) is 23.2 Å². The summed E-state index contributed by atoms with van der Waals surface area (Å²) in [5.41, 5.74) is 2.24. The van der Waals surface area contributed by atoms with E-state index in [1.54, 1.807) is 18.2 Å². The van der Waals surface area contributed by atoms with E-state index in [9.17, 15) is 4.79 Å². The summed E-state index contributed by atoms with van der Waals surface area (Å²) in [6.07, 6.45) is 3.37. The minimum atomic E-state index is 0.0905. The van der Waals surface area contributed by atoms with Crippen LogP contribution in [-0.2, 0) is 0 Å². The quantitative estimate of drug-likeness (QED) is 0.665. The molecule has 0 aromatic heterocycles. The molecule has 136 valence electrons. The fraction of sp³-hybridized carbons (Fsp3) is 0.263. The molecular formula is C19H19Cl2N3OS. The van der Waals surface area contributed by atoms with E-state index >= 15 is 0 Å². The van der Waals surface area contributed by atoms with Gasteiger partial charge in [0.05, 0.1) is 10.0 Å². The summed E-state index contributed by atoms with van der Waals surface area (Å²) < 4.78 is 0. The number of piperidine rings is 1. The monoisotopic (exact) mass is 407 g/mol. The molecule has 1 aliphatic heterocycles. The Kier molecular flexibility index (Phi) is 6.35. The highest BCUT2D eigenvalue weighted by Gasteiger charge is 2.17. The zero-order valence-electron chi connectivity index (χ0n) is 14.1. The highest BCUT2D eigenvalue weighted by molar-refractivity contribution is 7.80. The number of amides is 1. The number of likely N-dealkylation sites (tertiary alicyclic amines) is 1. The van der Waals surface area contributed by atoms with E-state index in [4.69, 9.17) is 35.4 Å². The lowest BCUT2D eigenvalue weighted by Gasteiger charge is -2.26. The Labute approximate surface area is 168 Å². The molecule has 2 N–H and O–H groups in total. The van der Waals surface area contributed by atoms with Gasteiger partial charge < -0.3 is 15.5 Å².